The predicted octanol–water partition coefficient (Wildman–Crippen LogP) is 2.97. The molecule has 1 heterocycles. The maximum absolute atomic E-state index is 13.0. The average Bonchev–Trinajstić information content (AvgIpc) is 2.30. The minimum Gasteiger partial charge on any atom is -0.386 e. The number of amidine groups is 1. The highest BCUT2D eigenvalue weighted by atomic mass is 35.5. The minimum absolute atomic E-state index is 0.190. The SMILES string of the molecule is CCC1CC(N)=NN=C1c1ccc(F)cc1Cl. The van der Waals surface area contributed by atoms with Crippen molar-refractivity contribution in [2.75, 3.05) is 0 Å². The monoisotopic (exact) mass is 253 g/mol. The minimum atomic E-state index is -0.355. The first-order valence-corrected chi connectivity index (χ1v) is 5.85. The summed E-state index contributed by atoms with van der Waals surface area (Å²) < 4.78 is 13.0. The summed E-state index contributed by atoms with van der Waals surface area (Å²) in [6.45, 7) is 2.05. The van der Waals surface area contributed by atoms with Crippen molar-refractivity contribution in [3.8, 4) is 0 Å². The van der Waals surface area contributed by atoms with E-state index in [1.54, 1.807) is 6.07 Å². The van der Waals surface area contributed by atoms with Gasteiger partial charge < -0.3 is 5.73 Å². The standard InChI is InChI=1S/C12H13ClFN3/c1-2-7-5-11(15)16-17-12(7)9-4-3-8(14)6-10(9)13/h3-4,6-7H,2,5H2,1H3,(H2,15,16). The van der Waals surface area contributed by atoms with Crippen LogP contribution in [0.4, 0.5) is 4.39 Å². The largest absolute Gasteiger partial charge is 0.386 e. The van der Waals surface area contributed by atoms with E-state index >= 15 is 0 Å². The first kappa shape index (κ1) is 12.0. The molecule has 0 aliphatic carbocycles. The summed E-state index contributed by atoms with van der Waals surface area (Å²) in [7, 11) is 0. The van der Waals surface area contributed by atoms with Crippen LogP contribution < -0.4 is 5.73 Å². The fraction of sp³-hybridized carbons (Fsp3) is 0.333. The molecule has 0 saturated carbocycles. The lowest BCUT2D eigenvalue weighted by Gasteiger charge is -2.20. The Hall–Kier alpha value is -1.42. The number of hydrogen-bond acceptors (Lipinski definition) is 3. The second-order valence-electron chi connectivity index (χ2n) is 4.01. The number of rotatable bonds is 2. The highest BCUT2D eigenvalue weighted by Crippen LogP contribution is 2.26. The van der Waals surface area contributed by atoms with Crippen LogP contribution in [0.3, 0.4) is 0 Å². The first-order chi connectivity index (χ1) is 8.11. The molecule has 0 saturated heterocycles. The van der Waals surface area contributed by atoms with Crippen molar-refractivity contribution in [3.05, 3.63) is 34.6 Å². The van der Waals surface area contributed by atoms with Crippen molar-refractivity contribution in [2.45, 2.75) is 19.8 Å². The number of nitrogens with zero attached hydrogens (tertiary/aromatic N) is 2. The molecule has 0 fully saturated rings. The van der Waals surface area contributed by atoms with Crippen LogP contribution in [0.2, 0.25) is 5.02 Å². The topological polar surface area (TPSA) is 50.7 Å². The molecule has 1 aliphatic heterocycles. The van der Waals surface area contributed by atoms with Gasteiger partial charge in [-0.15, -0.1) is 5.10 Å². The Balaban J connectivity index is 2.44. The van der Waals surface area contributed by atoms with Crippen LogP contribution in [0.25, 0.3) is 0 Å². The van der Waals surface area contributed by atoms with Crippen LogP contribution in [0.1, 0.15) is 25.3 Å². The summed E-state index contributed by atoms with van der Waals surface area (Å²) in [5.41, 5.74) is 7.17. The van der Waals surface area contributed by atoms with Crippen molar-refractivity contribution in [1.82, 2.24) is 0 Å². The molecule has 2 N–H and O–H groups in total. The fourth-order valence-corrected chi connectivity index (χ4v) is 2.16. The lowest BCUT2D eigenvalue weighted by atomic mass is 9.90. The molecule has 0 amide bonds. The number of halogens is 2. The fourth-order valence-electron chi connectivity index (χ4n) is 1.90. The van der Waals surface area contributed by atoms with Crippen LogP contribution in [0, 0.1) is 11.7 Å². The summed E-state index contributed by atoms with van der Waals surface area (Å²) in [6, 6.07) is 4.29. The van der Waals surface area contributed by atoms with E-state index < -0.39 is 0 Å². The quantitative estimate of drug-likeness (QED) is 0.866. The Morgan fingerprint density at radius 1 is 1.47 bits per heavy atom. The molecule has 1 aromatic carbocycles. The van der Waals surface area contributed by atoms with Gasteiger partial charge in [-0.2, -0.15) is 5.10 Å². The van der Waals surface area contributed by atoms with E-state index in [9.17, 15) is 4.39 Å². The van der Waals surface area contributed by atoms with Gasteiger partial charge in [0.25, 0.3) is 0 Å². The zero-order chi connectivity index (χ0) is 12.4. The highest BCUT2D eigenvalue weighted by Gasteiger charge is 2.23. The molecule has 0 aromatic heterocycles. The molecule has 0 spiro atoms. The summed E-state index contributed by atoms with van der Waals surface area (Å²) in [4.78, 5) is 0. The molecule has 5 heteroatoms. The summed E-state index contributed by atoms with van der Waals surface area (Å²) in [6.07, 6.45) is 1.56. The Morgan fingerprint density at radius 3 is 2.88 bits per heavy atom. The summed E-state index contributed by atoms with van der Waals surface area (Å²) >= 11 is 6.02. The van der Waals surface area contributed by atoms with Gasteiger partial charge in [0.2, 0.25) is 0 Å². The smallest absolute Gasteiger partial charge is 0.124 e. The van der Waals surface area contributed by atoms with Crippen LogP contribution in [0.15, 0.2) is 28.4 Å². The normalized spacial score (nSPS) is 19.8. The van der Waals surface area contributed by atoms with Crippen molar-refractivity contribution < 1.29 is 4.39 Å². The van der Waals surface area contributed by atoms with Gasteiger partial charge in [-0.05, 0) is 24.6 Å². The van der Waals surface area contributed by atoms with Crippen LogP contribution in [-0.2, 0) is 0 Å². The third-order valence-electron chi connectivity index (χ3n) is 2.83. The third-order valence-corrected chi connectivity index (χ3v) is 3.14. The Labute approximate surface area is 104 Å². The van der Waals surface area contributed by atoms with Crippen LogP contribution in [0.5, 0.6) is 0 Å². The number of nitrogens with two attached hydrogens (primary N) is 1. The predicted molar refractivity (Wildman–Crippen MR) is 68.0 cm³/mol. The van der Waals surface area contributed by atoms with E-state index in [-0.39, 0.29) is 11.7 Å². The lowest BCUT2D eigenvalue weighted by Crippen LogP contribution is -2.27. The van der Waals surface area contributed by atoms with E-state index in [1.807, 2.05) is 0 Å². The van der Waals surface area contributed by atoms with Gasteiger partial charge in [-0.25, -0.2) is 4.39 Å². The van der Waals surface area contributed by atoms with Gasteiger partial charge >= 0.3 is 0 Å². The highest BCUT2D eigenvalue weighted by molar-refractivity contribution is 6.34. The van der Waals surface area contributed by atoms with Crippen LogP contribution >= 0.6 is 11.6 Å². The lowest BCUT2D eigenvalue weighted by molar-refractivity contribution is 0.627. The molecule has 2 rings (SSSR count). The molecule has 1 unspecified atom stereocenters. The van der Waals surface area contributed by atoms with Crippen molar-refractivity contribution in [3.63, 3.8) is 0 Å². The molecular formula is C12H13ClFN3. The van der Waals surface area contributed by atoms with E-state index in [1.165, 1.54) is 12.1 Å². The van der Waals surface area contributed by atoms with Gasteiger partial charge in [0.1, 0.15) is 11.7 Å². The molecule has 1 atom stereocenters. The van der Waals surface area contributed by atoms with Gasteiger partial charge in [0, 0.05) is 17.9 Å². The van der Waals surface area contributed by atoms with Gasteiger partial charge in [0.05, 0.1) is 10.7 Å². The molecule has 1 aromatic rings. The second-order valence-corrected chi connectivity index (χ2v) is 4.42. The maximum atomic E-state index is 13.0. The number of benzene rings is 1. The molecule has 0 bridgehead atoms. The van der Waals surface area contributed by atoms with E-state index in [2.05, 4.69) is 17.1 Å². The van der Waals surface area contributed by atoms with Crippen molar-refractivity contribution in [1.29, 1.82) is 0 Å². The third kappa shape index (κ3) is 2.47. The summed E-state index contributed by atoms with van der Waals surface area (Å²) in [5.74, 6) is 0.362. The van der Waals surface area contributed by atoms with Gasteiger partial charge in [0.15, 0.2) is 0 Å². The molecular weight excluding hydrogens is 241 g/mol. The molecule has 3 nitrogen and oxygen atoms in total. The molecule has 0 radical (unpaired) electrons. The second kappa shape index (κ2) is 4.84. The Bertz CT molecular complexity index is 497. The zero-order valence-corrected chi connectivity index (χ0v) is 10.2. The molecule has 1 aliphatic rings. The average molecular weight is 254 g/mol. The first-order valence-electron chi connectivity index (χ1n) is 5.47. The molecule has 17 heavy (non-hydrogen) atoms. The Morgan fingerprint density at radius 2 is 2.24 bits per heavy atom. The van der Waals surface area contributed by atoms with Crippen molar-refractivity contribution in [2.24, 2.45) is 21.9 Å². The van der Waals surface area contributed by atoms with Crippen LogP contribution in [-0.4, -0.2) is 11.5 Å². The zero-order valence-electron chi connectivity index (χ0n) is 9.45. The van der Waals surface area contributed by atoms with Crippen molar-refractivity contribution >= 4 is 23.1 Å². The van der Waals surface area contributed by atoms with Gasteiger partial charge in [-0.1, -0.05) is 18.5 Å². The van der Waals surface area contributed by atoms with Gasteiger partial charge in [-0.3, -0.25) is 0 Å². The van der Waals surface area contributed by atoms with E-state index in [0.29, 0.717) is 17.3 Å². The molecule has 90 valence electrons. The maximum Gasteiger partial charge on any atom is 0.124 e. The van der Waals surface area contributed by atoms with E-state index in [4.69, 9.17) is 17.3 Å². The van der Waals surface area contributed by atoms with E-state index in [0.717, 1.165) is 17.7 Å². The summed E-state index contributed by atoms with van der Waals surface area (Å²) in [5, 5.41) is 8.33. The number of hydrogen-bond donors (Lipinski definition) is 1. The Kier molecular flexibility index (Phi) is 3.43.